The Morgan fingerprint density at radius 1 is 1.23 bits per heavy atom. The summed E-state index contributed by atoms with van der Waals surface area (Å²) in [4.78, 5) is 0. The van der Waals surface area contributed by atoms with Crippen LogP contribution in [0, 0.1) is 3.57 Å². The molecule has 0 radical (unpaired) electrons. The Morgan fingerprint density at radius 3 is 2.46 bits per heavy atom. The van der Waals surface area contributed by atoms with Gasteiger partial charge in [-0.05, 0) is 59.7 Å². The van der Waals surface area contributed by atoms with Gasteiger partial charge in [-0.25, -0.2) is 0 Å². The molecule has 1 aromatic carbocycles. The first-order valence-electron chi connectivity index (χ1n) is 4.35. The van der Waals surface area contributed by atoms with Gasteiger partial charge >= 0.3 is 0 Å². The molecule has 0 bridgehead atoms. The van der Waals surface area contributed by atoms with Crippen molar-refractivity contribution >= 4 is 35.0 Å². The second-order valence-corrected chi connectivity index (χ2v) is 4.45. The van der Waals surface area contributed by atoms with E-state index in [-0.39, 0.29) is 12.4 Å². The summed E-state index contributed by atoms with van der Waals surface area (Å²) in [5.74, 6) is 0. The number of rotatable bonds is 1. The van der Waals surface area contributed by atoms with Crippen molar-refractivity contribution in [1.82, 2.24) is 5.32 Å². The monoisotopic (exact) mass is 309 g/mol. The minimum absolute atomic E-state index is 0. The van der Waals surface area contributed by atoms with Crippen LogP contribution >= 0.6 is 35.0 Å². The fourth-order valence-electron chi connectivity index (χ4n) is 1.66. The largest absolute Gasteiger partial charge is 0.310 e. The highest BCUT2D eigenvalue weighted by atomic mass is 127. The maximum Gasteiger partial charge on any atom is 0.0320 e. The number of benzene rings is 1. The van der Waals surface area contributed by atoms with Crippen LogP contribution < -0.4 is 5.32 Å². The summed E-state index contributed by atoms with van der Waals surface area (Å²) in [7, 11) is 0. The van der Waals surface area contributed by atoms with Gasteiger partial charge in [-0.15, -0.1) is 12.4 Å². The van der Waals surface area contributed by atoms with Crippen molar-refractivity contribution in [1.29, 1.82) is 0 Å². The van der Waals surface area contributed by atoms with Gasteiger partial charge in [0.05, 0.1) is 0 Å². The molecule has 1 N–H and O–H groups in total. The molecule has 0 amide bonds. The molecule has 1 atom stereocenters. The molecule has 1 heterocycles. The smallest absolute Gasteiger partial charge is 0.0320 e. The van der Waals surface area contributed by atoms with E-state index >= 15 is 0 Å². The van der Waals surface area contributed by atoms with Gasteiger partial charge < -0.3 is 5.32 Å². The molecule has 2 rings (SSSR count). The average Bonchev–Trinajstić information content (AvgIpc) is 2.58. The van der Waals surface area contributed by atoms with Crippen LogP contribution in [0.4, 0.5) is 0 Å². The molecule has 72 valence electrons. The lowest BCUT2D eigenvalue weighted by molar-refractivity contribution is 0.647. The SMILES string of the molecule is Cl.Ic1ccc(C2CCCN2)cc1. The number of hydrogen-bond donors (Lipinski definition) is 1. The highest BCUT2D eigenvalue weighted by molar-refractivity contribution is 14.1. The zero-order chi connectivity index (χ0) is 8.39. The Balaban J connectivity index is 0.000000845. The van der Waals surface area contributed by atoms with Gasteiger partial charge in [0, 0.05) is 9.61 Å². The summed E-state index contributed by atoms with van der Waals surface area (Å²) in [5, 5.41) is 3.49. The molecule has 1 aromatic rings. The van der Waals surface area contributed by atoms with Crippen LogP contribution in [-0.4, -0.2) is 6.54 Å². The normalized spacial score (nSPS) is 21.2. The second kappa shape index (κ2) is 5.17. The van der Waals surface area contributed by atoms with E-state index in [1.54, 1.807) is 0 Å². The molecule has 0 spiro atoms. The molecule has 0 aromatic heterocycles. The van der Waals surface area contributed by atoms with E-state index in [1.165, 1.54) is 28.5 Å². The third-order valence-electron chi connectivity index (χ3n) is 2.33. The predicted octanol–water partition coefficient (Wildman–Crippen LogP) is 3.14. The van der Waals surface area contributed by atoms with E-state index < -0.39 is 0 Å². The Hall–Kier alpha value is 0.200. The van der Waals surface area contributed by atoms with Crippen LogP contribution in [0.1, 0.15) is 24.4 Å². The van der Waals surface area contributed by atoms with E-state index in [0.717, 1.165) is 0 Å². The van der Waals surface area contributed by atoms with E-state index in [4.69, 9.17) is 0 Å². The Bertz CT molecular complexity index is 254. The first-order chi connectivity index (χ1) is 5.86. The van der Waals surface area contributed by atoms with Crippen molar-refractivity contribution in [3.05, 3.63) is 33.4 Å². The van der Waals surface area contributed by atoms with E-state index in [1.807, 2.05) is 0 Å². The van der Waals surface area contributed by atoms with Crippen molar-refractivity contribution in [2.24, 2.45) is 0 Å². The quantitative estimate of drug-likeness (QED) is 0.786. The van der Waals surface area contributed by atoms with Crippen LogP contribution in [0.2, 0.25) is 0 Å². The van der Waals surface area contributed by atoms with Crippen molar-refractivity contribution in [3.8, 4) is 0 Å². The van der Waals surface area contributed by atoms with E-state index in [0.29, 0.717) is 6.04 Å². The van der Waals surface area contributed by atoms with Crippen molar-refractivity contribution < 1.29 is 0 Å². The van der Waals surface area contributed by atoms with Crippen LogP contribution in [0.25, 0.3) is 0 Å². The summed E-state index contributed by atoms with van der Waals surface area (Å²) < 4.78 is 1.31. The molecule has 1 unspecified atom stereocenters. The molecule has 3 heteroatoms. The zero-order valence-electron chi connectivity index (χ0n) is 7.29. The standard InChI is InChI=1S/C10H12IN.ClH/c11-9-5-3-8(4-6-9)10-2-1-7-12-10;/h3-6,10,12H,1-2,7H2;1H. The fourth-order valence-corrected chi connectivity index (χ4v) is 2.02. The number of hydrogen-bond acceptors (Lipinski definition) is 1. The molecule has 1 saturated heterocycles. The van der Waals surface area contributed by atoms with Gasteiger partial charge in [-0.3, -0.25) is 0 Å². The highest BCUT2D eigenvalue weighted by Crippen LogP contribution is 2.23. The summed E-state index contributed by atoms with van der Waals surface area (Å²) >= 11 is 2.34. The Kier molecular flexibility index (Phi) is 4.49. The molecular weight excluding hydrogens is 296 g/mol. The maximum absolute atomic E-state index is 3.49. The van der Waals surface area contributed by atoms with Crippen LogP contribution in [-0.2, 0) is 0 Å². The van der Waals surface area contributed by atoms with E-state index in [9.17, 15) is 0 Å². The van der Waals surface area contributed by atoms with Gasteiger partial charge in [0.25, 0.3) is 0 Å². The summed E-state index contributed by atoms with van der Waals surface area (Å²) in [6.07, 6.45) is 2.61. The predicted molar refractivity (Wildman–Crippen MR) is 66.4 cm³/mol. The van der Waals surface area contributed by atoms with Crippen molar-refractivity contribution in [2.75, 3.05) is 6.54 Å². The molecule has 1 fully saturated rings. The van der Waals surface area contributed by atoms with Gasteiger partial charge in [-0.1, -0.05) is 12.1 Å². The first kappa shape index (κ1) is 11.3. The second-order valence-electron chi connectivity index (χ2n) is 3.20. The molecule has 0 aliphatic carbocycles. The number of halogens is 2. The molecular formula is C10H13ClIN. The van der Waals surface area contributed by atoms with Crippen LogP contribution in [0.3, 0.4) is 0 Å². The molecule has 1 nitrogen and oxygen atoms in total. The van der Waals surface area contributed by atoms with Crippen LogP contribution in [0.5, 0.6) is 0 Å². The summed E-state index contributed by atoms with van der Waals surface area (Å²) in [6, 6.07) is 9.42. The summed E-state index contributed by atoms with van der Waals surface area (Å²) in [6.45, 7) is 1.18. The Morgan fingerprint density at radius 2 is 1.92 bits per heavy atom. The lowest BCUT2D eigenvalue weighted by Gasteiger charge is -2.09. The third kappa shape index (κ3) is 2.82. The lowest BCUT2D eigenvalue weighted by Crippen LogP contribution is -2.12. The van der Waals surface area contributed by atoms with Crippen molar-refractivity contribution in [3.63, 3.8) is 0 Å². The van der Waals surface area contributed by atoms with Crippen molar-refractivity contribution in [2.45, 2.75) is 18.9 Å². The minimum atomic E-state index is 0. The maximum atomic E-state index is 3.49. The topological polar surface area (TPSA) is 12.0 Å². The fraction of sp³-hybridized carbons (Fsp3) is 0.400. The number of nitrogens with one attached hydrogen (secondary N) is 1. The van der Waals surface area contributed by atoms with Crippen LogP contribution in [0.15, 0.2) is 24.3 Å². The molecule has 0 saturated carbocycles. The van der Waals surface area contributed by atoms with E-state index in [2.05, 4.69) is 52.2 Å². The first-order valence-corrected chi connectivity index (χ1v) is 5.43. The highest BCUT2D eigenvalue weighted by Gasteiger charge is 2.15. The van der Waals surface area contributed by atoms with Gasteiger partial charge in [0.1, 0.15) is 0 Å². The molecule has 1 aliphatic rings. The van der Waals surface area contributed by atoms with Gasteiger partial charge in [0.2, 0.25) is 0 Å². The third-order valence-corrected chi connectivity index (χ3v) is 3.05. The lowest BCUT2D eigenvalue weighted by atomic mass is 10.1. The zero-order valence-corrected chi connectivity index (χ0v) is 10.3. The molecule has 13 heavy (non-hydrogen) atoms. The van der Waals surface area contributed by atoms with Gasteiger partial charge in [0.15, 0.2) is 0 Å². The Labute approximate surface area is 98.9 Å². The minimum Gasteiger partial charge on any atom is -0.310 e. The molecule has 1 aliphatic heterocycles. The average molecular weight is 310 g/mol. The summed E-state index contributed by atoms with van der Waals surface area (Å²) in [5.41, 5.74) is 1.44. The van der Waals surface area contributed by atoms with Gasteiger partial charge in [-0.2, -0.15) is 0 Å².